The summed E-state index contributed by atoms with van der Waals surface area (Å²) < 4.78 is 0. The first-order chi connectivity index (χ1) is 17.9. The second-order valence-corrected chi connectivity index (χ2v) is 8.04. The number of hydrogen-bond acceptors (Lipinski definition) is 4. The maximum absolute atomic E-state index is 4.32. The molecular weight excluding hydrogens is 633 g/mol. The molecule has 0 atom stereocenters. The van der Waals surface area contributed by atoms with Crippen molar-refractivity contribution in [2.24, 2.45) is 0 Å². The standard InChI is InChI=1S/2C16H12N2.Ir/c2*1-3-7-13(8-4-1)15-11-16(18-12-17-15)14-9-5-2-6-10-14;/h2*1-12H;/q;;+3. The second kappa shape index (κ2) is 13.1. The van der Waals surface area contributed by atoms with Gasteiger partial charge in [-0.15, -0.1) is 0 Å². The van der Waals surface area contributed by atoms with E-state index in [1.807, 2.05) is 84.9 Å². The molecule has 6 rings (SSSR count). The van der Waals surface area contributed by atoms with Crippen LogP contribution in [0.5, 0.6) is 0 Å². The minimum absolute atomic E-state index is 0. The van der Waals surface area contributed by atoms with Crippen LogP contribution in [0.15, 0.2) is 146 Å². The second-order valence-electron chi connectivity index (χ2n) is 8.04. The molecule has 0 spiro atoms. The van der Waals surface area contributed by atoms with Gasteiger partial charge in [0.2, 0.25) is 0 Å². The largest absolute Gasteiger partial charge is 3.00 e. The molecule has 0 saturated heterocycles. The van der Waals surface area contributed by atoms with Crippen LogP contribution in [0.3, 0.4) is 0 Å². The van der Waals surface area contributed by atoms with Crippen molar-refractivity contribution in [3.63, 3.8) is 0 Å². The molecule has 37 heavy (non-hydrogen) atoms. The van der Waals surface area contributed by atoms with E-state index in [-0.39, 0.29) is 20.1 Å². The van der Waals surface area contributed by atoms with E-state index in [1.54, 1.807) is 12.7 Å². The van der Waals surface area contributed by atoms with E-state index in [0.717, 1.165) is 45.0 Å². The molecule has 0 unspecified atom stereocenters. The Labute approximate surface area is 230 Å². The Morgan fingerprint density at radius 2 is 0.514 bits per heavy atom. The zero-order valence-corrected chi connectivity index (χ0v) is 22.4. The van der Waals surface area contributed by atoms with Gasteiger partial charge in [-0.2, -0.15) is 0 Å². The van der Waals surface area contributed by atoms with Crippen molar-refractivity contribution in [3.8, 4) is 45.0 Å². The fraction of sp³-hybridized carbons (Fsp3) is 0. The molecule has 2 heterocycles. The number of benzene rings is 4. The Morgan fingerprint density at radius 3 is 0.730 bits per heavy atom. The van der Waals surface area contributed by atoms with Crippen LogP contribution in [0.4, 0.5) is 0 Å². The van der Waals surface area contributed by atoms with Crippen LogP contribution in [0.25, 0.3) is 45.0 Å². The molecule has 0 bridgehead atoms. The van der Waals surface area contributed by atoms with Gasteiger partial charge in [0, 0.05) is 22.3 Å². The predicted molar refractivity (Wildman–Crippen MR) is 146 cm³/mol. The van der Waals surface area contributed by atoms with E-state index in [2.05, 4.69) is 68.5 Å². The summed E-state index contributed by atoms with van der Waals surface area (Å²) in [4.78, 5) is 17.3. The van der Waals surface area contributed by atoms with E-state index in [4.69, 9.17) is 0 Å². The Bertz CT molecular complexity index is 1280. The van der Waals surface area contributed by atoms with Crippen LogP contribution < -0.4 is 0 Å². The number of hydrogen-bond donors (Lipinski definition) is 0. The van der Waals surface area contributed by atoms with Gasteiger partial charge in [-0.1, -0.05) is 121 Å². The van der Waals surface area contributed by atoms with E-state index >= 15 is 0 Å². The van der Waals surface area contributed by atoms with Crippen molar-refractivity contribution in [2.45, 2.75) is 0 Å². The molecule has 0 saturated carbocycles. The molecule has 0 N–H and O–H groups in total. The van der Waals surface area contributed by atoms with Crippen LogP contribution in [0.2, 0.25) is 0 Å². The van der Waals surface area contributed by atoms with Crippen molar-refractivity contribution in [1.82, 2.24) is 19.9 Å². The van der Waals surface area contributed by atoms with Crippen molar-refractivity contribution >= 4 is 0 Å². The van der Waals surface area contributed by atoms with E-state index < -0.39 is 0 Å². The first-order valence-electron chi connectivity index (χ1n) is 11.7. The molecule has 2 aromatic heterocycles. The Hall–Kier alpha value is -4.31. The number of aromatic nitrogens is 4. The smallest absolute Gasteiger partial charge is 0.236 e. The summed E-state index contributed by atoms with van der Waals surface area (Å²) in [5, 5.41) is 0. The van der Waals surface area contributed by atoms with Gasteiger partial charge in [0.15, 0.2) is 0 Å². The summed E-state index contributed by atoms with van der Waals surface area (Å²) in [6.07, 6.45) is 3.23. The minimum Gasteiger partial charge on any atom is -0.236 e. The molecule has 0 aliphatic carbocycles. The van der Waals surface area contributed by atoms with Crippen molar-refractivity contribution in [3.05, 3.63) is 146 Å². The normalized spacial score (nSPS) is 9.95. The van der Waals surface area contributed by atoms with Crippen molar-refractivity contribution < 1.29 is 20.1 Å². The molecule has 0 amide bonds. The molecule has 6 aromatic rings. The zero-order chi connectivity index (χ0) is 24.4. The Kier molecular flexibility index (Phi) is 9.14. The number of rotatable bonds is 4. The average Bonchev–Trinajstić information content (AvgIpc) is 2.99. The zero-order valence-electron chi connectivity index (χ0n) is 20.0. The van der Waals surface area contributed by atoms with Crippen LogP contribution in [-0.2, 0) is 20.1 Å². The molecule has 5 heteroatoms. The summed E-state index contributed by atoms with van der Waals surface area (Å²) in [7, 11) is 0. The molecule has 0 aliphatic heterocycles. The van der Waals surface area contributed by atoms with Crippen LogP contribution in [0.1, 0.15) is 0 Å². The minimum atomic E-state index is 0. The number of nitrogens with zero attached hydrogens (tertiary/aromatic N) is 4. The van der Waals surface area contributed by atoms with Crippen LogP contribution in [0, 0.1) is 0 Å². The van der Waals surface area contributed by atoms with Gasteiger partial charge in [0.1, 0.15) is 12.7 Å². The topological polar surface area (TPSA) is 51.6 Å². The first-order valence-corrected chi connectivity index (χ1v) is 11.7. The third-order valence-electron chi connectivity index (χ3n) is 5.61. The monoisotopic (exact) mass is 657 g/mol. The van der Waals surface area contributed by atoms with Crippen molar-refractivity contribution in [2.75, 3.05) is 0 Å². The van der Waals surface area contributed by atoms with Crippen molar-refractivity contribution in [1.29, 1.82) is 0 Å². The summed E-state index contributed by atoms with van der Waals surface area (Å²) >= 11 is 0. The molecule has 4 aromatic carbocycles. The molecular formula is C32H24IrN4+3. The van der Waals surface area contributed by atoms with E-state index in [1.165, 1.54) is 0 Å². The van der Waals surface area contributed by atoms with Crippen LogP contribution >= 0.6 is 0 Å². The summed E-state index contributed by atoms with van der Waals surface area (Å²) in [5.74, 6) is 0. The third kappa shape index (κ3) is 6.89. The Balaban J connectivity index is 0.000000168. The summed E-state index contributed by atoms with van der Waals surface area (Å²) in [6.45, 7) is 0. The van der Waals surface area contributed by atoms with Gasteiger partial charge in [-0.25, -0.2) is 19.9 Å². The van der Waals surface area contributed by atoms with Crippen LogP contribution in [-0.4, -0.2) is 19.9 Å². The third-order valence-corrected chi connectivity index (χ3v) is 5.61. The van der Waals surface area contributed by atoms with Gasteiger partial charge in [-0.05, 0) is 12.1 Å². The molecule has 0 radical (unpaired) electrons. The summed E-state index contributed by atoms with van der Waals surface area (Å²) in [5.41, 5.74) is 8.23. The van der Waals surface area contributed by atoms with Gasteiger partial charge >= 0.3 is 20.1 Å². The maximum Gasteiger partial charge on any atom is 3.00 e. The molecule has 178 valence electrons. The van der Waals surface area contributed by atoms with Gasteiger partial charge in [0.25, 0.3) is 0 Å². The molecule has 0 fully saturated rings. The quantitative estimate of drug-likeness (QED) is 0.196. The van der Waals surface area contributed by atoms with Gasteiger partial charge in [0.05, 0.1) is 22.8 Å². The molecule has 0 aliphatic rings. The fourth-order valence-corrected chi connectivity index (χ4v) is 3.78. The first kappa shape index (κ1) is 25.8. The van der Waals surface area contributed by atoms with E-state index in [9.17, 15) is 0 Å². The SMILES string of the molecule is [Ir+3].c1ccc(-c2cc(-c3ccccc3)ncn2)cc1.c1ccc(-c2cc(-c3ccccc3)ncn2)cc1. The molecule has 4 nitrogen and oxygen atoms in total. The predicted octanol–water partition coefficient (Wildman–Crippen LogP) is 7.62. The van der Waals surface area contributed by atoms with E-state index in [0.29, 0.717) is 0 Å². The fourth-order valence-electron chi connectivity index (χ4n) is 3.78. The van der Waals surface area contributed by atoms with Gasteiger partial charge in [-0.3, -0.25) is 0 Å². The summed E-state index contributed by atoms with van der Waals surface area (Å²) in [6, 6.07) is 44.6. The maximum atomic E-state index is 4.32. The Morgan fingerprint density at radius 1 is 0.297 bits per heavy atom. The van der Waals surface area contributed by atoms with Gasteiger partial charge < -0.3 is 0 Å². The average molecular weight is 657 g/mol.